The number of thiazole rings is 1. The van der Waals surface area contributed by atoms with E-state index in [4.69, 9.17) is 9.84 Å². The van der Waals surface area contributed by atoms with Gasteiger partial charge < -0.3 is 9.84 Å². The number of benzene rings is 2. The van der Waals surface area contributed by atoms with E-state index in [1.54, 1.807) is 25.3 Å². The van der Waals surface area contributed by atoms with Gasteiger partial charge in [-0.15, -0.1) is 23.1 Å². The van der Waals surface area contributed by atoms with Crippen LogP contribution in [0.25, 0.3) is 10.6 Å². The summed E-state index contributed by atoms with van der Waals surface area (Å²) in [5, 5.41) is 9.13. The molecule has 0 atom stereocenters. The van der Waals surface area contributed by atoms with Gasteiger partial charge in [0, 0.05) is 22.7 Å². The van der Waals surface area contributed by atoms with Crippen molar-refractivity contribution in [2.75, 3.05) is 6.26 Å². The number of aliphatic carboxylic acids is 1. The second-order valence-electron chi connectivity index (χ2n) is 7.09. The number of aliphatic imine (C=N–C) groups is 1. The van der Waals surface area contributed by atoms with Gasteiger partial charge >= 0.3 is 12.1 Å². The summed E-state index contributed by atoms with van der Waals surface area (Å²) in [7, 11) is 0. The van der Waals surface area contributed by atoms with Crippen molar-refractivity contribution < 1.29 is 32.2 Å². The van der Waals surface area contributed by atoms with Crippen LogP contribution < -0.4 is 4.74 Å². The van der Waals surface area contributed by atoms with Gasteiger partial charge in [0.1, 0.15) is 23.2 Å². The first kappa shape index (κ1) is 25.7. The predicted octanol–water partition coefficient (Wildman–Crippen LogP) is 7.14. The molecule has 34 heavy (non-hydrogen) atoms. The molecular formula is C23H20F4N2O3S2. The number of aryl methyl sites for hydroxylation is 1. The van der Waals surface area contributed by atoms with E-state index in [1.165, 1.54) is 29.2 Å². The Balaban J connectivity index is 1.74. The fourth-order valence-electron chi connectivity index (χ4n) is 2.92. The quantitative estimate of drug-likeness (QED) is 0.187. The Morgan fingerprint density at radius 1 is 1.26 bits per heavy atom. The lowest BCUT2D eigenvalue weighted by molar-refractivity contribution is -0.140. The summed E-state index contributed by atoms with van der Waals surface area (Å²) in [4.78, 5) is 21.0. The highest BCUT2D eigenvalue weighted by atomic mass is 32.2. The van der Waals surface area contributed by atoms with Crippen molar-refractivity contribution in [3.8, 4) is 16.3 Å². The number of ether oxygens (including phenoxy) is 1. The zero-order valence-electron chi connectivity index (χ0n) is 18.1. The zero-order chi connectivity index (χ0) is 24.9. The molecule has 0 radical (unpaired) electrons. The van der Waals surface area contributed by atoms with Crippen LogP contribution in [0.15, 0.2) is 46.3 Å². The molecule has 2 aromatic carbocycles. The summed E-state index contributed by atoms with van der Waals surface area (Å²) < 4.78 is 58.2. The van der Waals surface area contributed by atoms with Gasteiger partial charge in [-0.3, -0.25) is 9.79 Å². The SMILES string of the molecule is CSc1ccc(OCc2sc(-c3ccc(C(F)(F)F)c(F)c3)nc2C)cc1N=CCCC(=O)O. The van der Waals surface area contributed by atoms with Crippen LogP contribution in [0, 0.1) is 12.7 Å². The van der Waals surface area contributed by atoms with Crippen molar-refractivity contribution in [2.45, 2.75) is 37.4 Å². The molecule has 1 heterocycles. The van der Waals surface area contributed by atoms with E-state index in [9.17, 15) is 22.4 Å². The second-order valence-corrected chi connectivity index (χ2v) is 9.02. The van der Waals surface area contributed by atoms with Gasteiger partial charge in [0.25, 0.3) is 0 Å². The number of aromatic nitrogens is 1. The maximum atomic E-state index is 13.9. The first-order chi connectivity index (χ1) is 16.1. The van der Waals surface area contributed by atoms with Crippen LogP contribution in [-0.2, 0) is 17.6 Å². The maximum Gasteiger partial charge on any atom is 0.419 e. The topological polar surface area (TPSA) is 71.8 Å². The van der Waals surface area contributed by atoms with Crippen molar-refractivity contribution >= 4 is 41.0 Å². The number of hydrogen-bond donors (Lipinski definition) is 1. The number of carbonyl (C=O) groups is 1. The van der Waals surface area contributed by atoms with Crippen molar-refractivity contribution in [1.82, 2.24) is 4.98 Å². The third kappa shape index (κ3) is 6.57. The van der Waals surface area contributed by atoms with E-state index in [1.807, 2.05) is 12.3 Å². The first-order valence-corrected chi connectivity index (χ1v) is 12.0. The Morgan fingerprint density at radius 2 is 2.03 bits per heavy atom. The minimum Gasteiger partial charge on any atom is -0.488 e. The highest BCUT2D eigenvalue weighted by Crippen LogP contribution is 2.36. The van der Waals surface area contributed by atoms with Gasteiger partial charge in [0.05, 0.1) is 28.2 Å². The van der Waals surface area contributed by atoms with Crippen LogP contribution in [0.1, 0.15) is 29.0 Å². The van der Waals surface area contributed by atoms with Gasteiger partial charge in [-0.25, -0.2) is 9.37 Å². The molecule has 1 aromatic heterocycles. The molecule has 0 amide bonds. The largest absolute Gasteiger partial charge is 0.488 e. The fourth-order valence-corrected chi connectivity index (χ4v) is 4.42. The van der Waals surface area contributed by atoms with Crippen LogP contribution in [0.2, 0.25) is 0 Å². The summed E-state index contributed by atoms with van der Waals surface area (Å²) in [6.45, 7) is 1.90. The van der Waals surface area contributed by atoms with Crippen LogP contribution in [-0.4, -0.2) is 28.5 Å². The summed E-state index contributed by atoms with van der Waals surface area (Å²) in [6.07, 6.45) is -1.01. The Hall–Kier alpha value is -2.92. The van der Waals surface area contributed by atoms with E-state index in [2.05, 4.69) is 9.98 Å². The second kappa shape index (κ2) is 11.0. The molecule has 0 bridgehead atoms. The molecule has 1 N–H and O–H groups in total. The molecule has 3 rings (SSSR count). The molecule has 3 aromatic rings. The third-order valence-corrected chi connectivity index (χ3v) is 6.62. The van der Waals surface area contributed by atoms with Gasteiger partial charge in [-0.2, -0.15) is 13.2 Å². The van der Waals surface area contributed by atoms with Gasteiger partial charge in [-0.1, -0.05) is 6.07 Å². The van der Waals surface area contributed by atoms with Crippen molar-refractivity contribution in [3.63, 3.8) is 0 Å². The molecule has 5 nitrogen and oxygen atoms in total. The van der Waals surface area contributed by atoms with Crippen LogP contribution in [0.4, 0.5) is 23.2 Å². The van der Waals surface area contributed by atoms with E-state index in [0.29, 0.717) is 34.6 Å². The number of rotatable bonds is 9. The number of hydrogen-bond acceptors (Lipinski definition) is 6. The minimum absolute atomic E-state index is 0.00981. The van der Waals surface area contributed by atoms with Crippen molar-refractivity contribution in [1.29, 1.82) is 0 Å². The average molecular weight is 513 g/mol. The summed E-state index contributed by atoms with van der Waals surface area (Å²) in [5.41, 5.74) is 0.223. The Labute approximate surface area is 201 Å². The smallest absolute Gasteiger partial charge is 0.419 e. The third-order valence-electron chi connectivity index (χ3n) is 4.65. The standard InChI is InChI=1S/C23H20F4N2O3S2/c1-13-20(34-22(29-13)14-5-7-16(17(24)10-14)23(25,26)27)12-32-15-6-8-19(33-2)18(11-15)28-9-3-4-21(30)31/h5-11H,3-4,12H2,1-2H3,(H,30,31). The van der Waals surface area contributed by atoms with Gasteiger partial charge in [0.15, 0.2) is 0 Å². The summed E-state index contributed by atoms with van der Waals surface area (Å²) in [6, 6.07) is 8.12. The molecule has 0 spiro atoms. The normalized spacial score (nSPS) is 11.8. The maximum absolute atomic E-state index is 13.9. The molecule has 0 fully saturated rings. The first-order valence-electron chi connectivity index (χ1n) is 9.97. The number of nitrogens with zero attached hydrogens (tertiary/aromatic N) is 2. The number of thioether (sulfide) groups is 1. The monoisotopic (exact) mass is 512 g/mol. The average Bonchev–Trinajstić information content (AvgIpc) is 3.14. The highest BCUT2D eigenvalue weighted by molar-refractivity contribution is 7.98. The lowest BCUT2D eigenvalue weighted by atomic mass is 10.1. The predicted molar refractivity (Wildman–Crippen MR) is 125 cm³/mol. The lowest BCUT2D eigenvalue weighted by Crippen LogP contribution is -2.07. The molecule has 0 saturated heterocycles. The summed E-state index contributed by atoms with van der Waals surface area (Å²) in [5.74, 6) is -1.70. The van der Waals surface area contributed by atoms with Crippen LogP contribution in [0.3, 0.4) is 0 Å². The van der Waals surface area contributed by atoms with E-state index >= 15 is 0 Å². The molecule has 0 aliphatic rings. The Kier molecular flexibility index (Phi) is 8.32. The molecule has 0 saturated carbocycles. The lowest BCUT2D eigenvalue weighted by Gasteiger charge is -2.09. The summed E-state index contributed by atoms with van der Waals surface area (Å²) >= 11 is 2.71. The fraction of sp³-hybridized carbons (Fsp3) is 0.261. The van der Waals surface area contributed by atoms with Crippen molar-refractivity contribution in [3.05, 3.63) is 58.3 Å². The van der Waals surface area contributed by atoms with E-state index < -0.39 is 23.5 Å². The molecule has 11 heteroatoms. The number of alkyl halides is 3. The van der Waals surface area contributed by atoms with Crippen LogP contribution >= 0.6 is 23.1 Å². The molecule has 0 unspecified atom stereocenters. The highest BCUT2D eigenvalue weighted by Gasteiger charge is 2.34. The minimum atomic E-state index is -4.76. The number of carboxylic acids is 1. The van der Waals surface area contributed by atoms with Crippen LogP contribution in [0.5, 0.6) is 5.75 Å². The number of halogens is 4. The molecule has 180 valence electrons. The Bertz CT molecular complexity index is 1210. The van der Waals surface area contributed by atoms with E-state index in [0.717, 1.165) is 15.8 Å². The van der Waals surface area contributed by atoms with E-state index in [-0.39, 0.29) is 18.6 Å². The Morgan fingerprint density at radius 3 is 2.68 bits per heavy atom. The number of carboxylic acid groups (broad SMARTS) is 1. The van der Waals surface area contributed by atoms with Gasteiger partial charge in [0.2, 0.25) is 0 Å². The van der Waals surface area contributed by atoms with Crippen molar-refractivity contribution in [2.24, 2.45) is 4.99 Å². The molecule has 0 aliphatic carbocycles. The molecule has 0 aliphatic heterocycles. The zero-order valence-corrected chi connectivity index (χ0v) is 19.8. The van der Waals surface area contributed by atoms with Gasteiger partial charge in [-0.05, 0) is 43.9 Å². The molecular weight excluding hydrogens is 492 g/mol.